The first kappa shape index (κ1) is 15.3. The maximum Gasteiger partial charge on any atom is 0.294 e. The number of hydrogen-bond donors (Lipinski definition) is 2. The van der Waals surface area contributed by atoms with Crippen molar-refractivity contribution in [3.05, 3.63) is 53.6 Å². The minimum Gasteiger partial charge on any atom is -0.493 e. The monoisotopic (exact) mass is 307 g/mol. The van der Waals surface area contributed by atoms with Gasteiger partial charge in [-0.25, -0.2) is 0 Å². The topological polar surface area (TPSA) is 89.6 Å². The molecule has 0 amide bonds. The van der Waals surface area contributed by atoms with Crippen molar-refractivity contribution in [2.24, 2.45) is 0 Å². The van der Waals surface area contributed by atoms with Crippen molar-refractivity contribution in [1.82, 2.24) is 0 Å². The summed E-state index contributed by atoms with van der Waals surface area (Å²) >= 11 is 0. The molecule has 0 radical (unpaired) electrons. The third-order valence-corrected chi connectivity index (χ3v) is 3.97. The fourth-order valence-electron chi connectivity index (χ4n) is 1.96. The molecule has 2 aromatic carbocycles. The Bertz CT molecular complexity index is 724. The Hall–Kier alpha value is -2.05. The summed E-state index contributed by atoms with van der Waals surface area (Å²) in [6, 6.07) is 11.8. The summed E-state index contributed by atoms with van der Waals surface area (Å²) in [6.07, 6.45) is 0.960. The third kappa shape index (κ3) is 3.96. The molecule has 0 spiro atoms. The van der Waals surface area contributed by atoms with Crippen molar-refractivity contribution in [1.29, 1.82) is 0 Å². The summed E-state index contributed by atoms with van der Waals surface area (Å²) in [6.45, 7) is 2.62. The number of anilines is 1. The zero-order valence-electron chi connectivity index (χ0n) is 11.6. The molecule has 0 aromatic heterocycles. The lowest BCUT2D eigenvalue weighted by Gasteiger charge is -1.99. The van der Waals surface area contributed by atoms with E-state index in [-0.39, 0.29) is 4.90 Å². The van der Waals surface area contributed by atoms with Gasteiger partial charge in [0.1, 0.15) is 5.75 Å². The van der Waals surface area contributed by atoms with Gasteiger partial charge in [-0.1, -0.05) is 23.8 Å². The first-order valence-corrected chi connectivity index (χ1v) is 7.86. The highest BCUT2D eigenvalue weighted by Crippen LogP contribution is 2.29. The smallest absolute Gasteiger partial charge is 0.294 e. The number of hydrogen-bond acceptors (Lipinski definition) is 4. The summed E-state index contributed by atoms with van der Waals surface area (Å²) in [5, 5.41) is 0. The van der Waals surface area contributed by atoms with E-state index in [0.29, 0.717) is 0 Å². The number of rotatable bonds is 1. The Morgan fingerprint density at radius 2 is 1.81 bits per heavy atom. The van der Waals surface area contributed by atoms with Crippen molar-refractivity contribution in [3.63, 3.8) is 0 Å². The van der Waals surface area contributed by atoms with Crippen LogP contribution in [0.1, 0.15) is 11.1 Å². The van der Waals surface area contributed by atoms with E-state index < -0.39 is 10.1 Å². The average molecular weight is 307 g/mol. The van der Waals surface area contributed by atoms with E-state index >= 15 is 0 Å². The molecular weight excluding hydrogens is 290 g/mol. The van der Waals surface area contributed by atoms with Crippen LogP contribution in [-0.4, -0.2) is 19.6 Å². The van der Waals surface area contributed by atoms with Gasteiger partial charge in [0.25, 0.3) is 10.1 Å². The summed E-state index contributed by atoms with van der Waals surface area (Å²) < 4.78 is 34.9. The molecule has 3 rings (SSSR count). The molecule has 21 heavy (non-hydrogen) atoms. The Balaban J connectivity index is 0.000000154. The predicted molar refractivity (Wildman–Crippen MR) is 81.0 cm³/mol. The highest BCUT2D eigenvalue weighted by Gasteiger charge is 2.12. The van der Waals surface area contributed by atoms with E-state index in [2.05, 4.69) is 0 Å². The van der Waals surface area contributed by atoms with Crippen LogP contribution in [0.15, 0.2) is 47.4 Å². The zero-order valence-corrected chi connectivity index (χ0v) is 12.4. The second-order valence-corrected chi connectivity index (χ2v) is 6.13. The van der Waals surface area contributed by atoms with Gasteiger partial charge in [0.15, 0.2) is 0 Å². The Labute approximate surface area is 124 Å². The van der Waals surface area contributed by atoms with Gasteiger partial charge in [-0.15, -0.1) is 0 Å². The summed E-state index contributed by atoms with van der Waals surface area (Å²) in [7, 11) is -4.02. The second-order valence-electron chi connectivity index (χ2n) is 4.71. The van der Waals surface area contributed by atoms with E-state index in [9.17, 15) is 8.42 Å². The molecule has 0 saturated carbocycles. The van der Waals surface area contributed by atoms with E-state index in [1.165, 1.54) is 17.7 Å². The van der Waals surface area contributed by atoms with Crippen molar-refractivity contribution >= 4 is 15.8 Å². The van der Waals surface area contributed by atoms with Gasteiger partial charge in [-0.05, 0) is 31.2 Å². The third-order valence-electron chi connectivity index (χ3n) is 3.10. The quantitative estimate of drug-likeness (QED) is 0.624. The molecule has 5 nitrogen and oxygen atoms in total. The number of benzene rings is 2. The number of aryl methyl sites for hydroxylation is 1. The minimum atomic E-state index is -4.02. The molecule has 0 bridgehead atoms. The first-order valence-electron chi connectivity index (χ1n) is 6.42. The number of ether oxygens (including phenoxy) is 1. The largest absolute Gasteiger partial charge is 0.493 e. The predicted octanol–water partition coefficient (Wildman–Crippen LogP) is 2.45. The van der Waals surface area contributed by atoms with Crippen molar-refractivity contribution in [3.8, 4) is 5.75 Å². The van der Waals surface area contributed by atoms with Crippen molar-refractivity contribution in [2.45, 2.75) is 18.2 Å². The lowest BCUT2D eigenvalue weighted by molar-refractivity contribution is 0.357. The summed E-state index contributed by atoms with van der Waals surface area (Å²) in [5.74, 6) is 0.958. The molecule has 0 atom stereocenters. The average Bonchev–Trinajstić information content (AvgIpc) is 2.89. The van der Waals surface area contributed by atoms with Gasteiger partial charge in [0.05, 0.1) is 11.5 Å². The van der Waals surface area contributed by atoms with Gasteiger partial charge in [-0.2, -0.15) is 8.42 Å². The highest BCUT2D eigenvalue weighted by atomic mass is 32.2. The Morgan fingerprint density at radius 1 is 1.14 bits per heavy atom. The maximum atomic E-state index is 10.5. The van der Waals surface area contributed by atoms with Crippen LogP contribution >= 0.6 is 0 Å². The lowest BCUT2D eigenvalue weighted by Crippen LogP contribution is -1.96. The van der Waals surface area contributed by atoms with Crippen LogP contribution in [0.2, 0.25) is 0 Å². The maximum absolute atomic E-state index is 10.5. The van der Waals surface area contributed by atoms with Crippen LogP contribution in [0.25, 0.3) is 0 Å². The van der Waals surface area contributed by atoms with Gasteiger partial charge in [0.2, 0.25) is 0 Å². The summed E-state index contributed by atoms with van der Waals surface area (Å²) in [4.78, 5) is -0.0666. The van der Waals surface area contributed by atoms with Gasteiger partial charge >= 0.3 is 0 Å². The fraction of sp³-hybridized carbons (Fsp3) is 0.200. The van der Waals surface area contributed by atoms with Crippen LogP contribution < -0.4 is 10.5 Å². The molecule has 3 N–H and O–H groups in total. The van der Waals surface area contributed by atoms with Crippen LogP contribution in [0.4, 0.5) is 5.69 Å². The molecule has 0 saturated heterocycles. The molecule has 1 heterocycles. The van der Waals surface area contributed by atoms with Gasteiger partial charge < -0.3 is 10.5 Å². The molecule has 6 heteroatoms. The van der Waals surface area contributed by atoms with E-state index in [4.69, 9.17) is 15.0 Å². The minimum absolute atomic E-state index is 0.0666. The zero-order chi connectivity index (χ0) is 15.5. The normalized spacial score (nSPS) is 12.9. The molecule has 112 valence electrons. The molecule has 0 aliphatic carbocycles. The molecule has 0 fully saturated rings. The van der Waals surface area contributed by atoms with Crippen molar-refractivity contribution in [2.75, 3.05) is 12.3 Å². The first-order chi connectivity index (χ1) is 9.88. The van der Waals surface area contributed by atoms with Crippen LogP contribution in [-0.2, 0) is 16.5 Å². The van der Waals surface area contributed by atoms with Crippen LogP contribution in [0.5, 0.6) is 5.75 Å². The van der Waals surface area contributed by atoms with Crippen LogP contribution in [0.3, 0.4) is 0 Å². The van der Waals surface area contributed by atoms with E-state index in [1.54, 1.807) is 12.1 Å². The fourth-order valence-corrected chi connectivity index (χ4v) is 2.44. The summed E-state index contributed by atoms with van der Waals surface area (Å²) in [5.41, 5.74) is 8.67. The lowest BCUT2D eigenvalue weighted by atomic mass is 10.1. The number of nitrogen functional groups attached to an aromatic ring is 1. The standard InChI is InChI=1S/C8H9NO.C7H8O3S/c9-7-2-1-3-8-6(7)4-5-10-8;1-6-2-4-7(5-3-6)11(8,9)10/h1-3H,4-5,9H2;2-5H,1H3,(H,8,9,10). The van der Waals surface area contributed by atoms with Crippen molar-refractivity contribution < 1.29 is 17.7 Å². The number of nitrogens with two attached hydrogens (primary N) is 1. The van der Waals surface area contributed by atoms with Gasteiger partial charge in [-0.3, -0.25) is 4.55 Å². The van der Waals surface area contributed by atoms with E-state index in [1.807, 2.05) is 25.1 Å². The highest BCUT2D eigenvalue weighted by molar-refractivity contribution is 7.85. The SMILES string of the molecule is Cc1ccc(S(=O)(=O)O)cc1.Nc1cccc2c1CCO2. The molecule has 1 aliphatic rings. The van der Waals surface area contributed by atoms with Crippen LogP contribution in [0, 0.1) is 6.92 Å². The Morgan fingerprint density at radius 3 is 2.38 bits per heavy atom. The Kier molecular flexibility index (Phi) is 4.50. The second kappa shape index (κ2) is 6.15. The number of fused-ring (bicyclic) bond motifs is 1. The molecule has 1 aliphatic heterocycles. The van der Waals surface area contributed by atoms with Gasteiger partial charge in [0, 0.05) is 17.7 Å². The van der Waals surface area contributed by atoms with E-state index in [0.717, 1.165) is 30.0 Å². The molecular formula is C15H17NO4S. The molecule has 2 aromatic rings. The molecule has 0 unspecified atom stereocenters.